The summed E-state index contributed by atoms with van der Waals surface area (Å²) in [6.45, 7) is 2.77. The smallest absolute Gasteiger partial charge is 0.250 e. The zero-order valence-electron chi connectivity index (χ0n) is 14.8. The number of hydrogen-bond acceptors (Lipinski definition) is 5. The number of ether oxygens (including phenoxy) is 1. The Balaban J connectivity index is 1.58. The van der Waals surface area contributed by atoms with Gasteiger partial charge >= 0.3 is 0 Å². The van der Waals surface area contributed by atoms with Crippen LogP contribution in [0.4, 0.5) is 5.69 Å². The number of para-hydroxylation sites is 1. The molecule has 5 rings (SSSR count). The molecule has 4 aliphatic heterocycles. The van der Waals surface area contributed by atoms with Gasteiger partial charge in [0.25, 0.3) is 0 Å². The van der Waals surface area contributed by atoms with E-state index in [4.69, 9.17) is 16.3 Å². The van der Waals surface area contributed by atoms with Crippen molar-refractivity contribution in [1.82, 2.24) is 10.2 Å². The molecule has 3 amide bonds. The van der Waals surface area contributed by atoms with E-state index in [2.05, 4.69) is 10.6 Å². The van der Waals surface area contributed by atoms with Crippen LogP contribution in [-0.4, -0.2) is 47.9 Å². The molecule has 0 saturated carbocycles. The fraction of sp³-hybridized carbons (Fsp3) is 0.526. The highest BCUT2D eigenvalue weighted by molar-refractivity contribution is 6.35. The fourth-order valence-electron chi connectivity index (χ4n) is 5.19. The SMILES string of the molecule is CC1NC2(C(=O)Nc3c(Cl)cccc32)C2C(=O)N(CC3CCCO3)C(=O)C12. The molecule has 5 unspecified atom stereocenters. The predicted molar refractivity (Wildman–Crippen MR) is 97.0 cm³/mol. The largest absolute Gasteiger partial charge is 0.376 e. The summed E-state index contributed by atoms with van der Waals surface area (Å²) in [6, 6.07) is 4.94. The number of benzene rings is 1. The summed E-state index contributed by atoms with van der Waals surface area (Å²) in [5.41, 5.74) is -0.107. The second-order valence-electron chi connectivity index (χ2n) is 7.78. The third-order valence-electron chi connectivity index (χ3n) is 6.35. The van der Waals surface area contributed by atoms with E-state index >= 15 is 0 Å². The van der Waals surface area contributed by atoms with Crippen molar-refractivity contribution in [3.8, 4) is 0 Å². The molecule has 0 aliphatic carbocycles. The van der Waals surface area contributed by atoms with Gasteiger partial charge in [0.15, 0.2) is 0 Å². The first-order chi connectivity index (χ1) is 12.9. The van der Waals surface area contributed by atoms with Gasteiger partial charge in [0.05, 0.1) is 35.2 Å². The standard InChI is InChI=1S/C19H20ClN3O4/c1-9-13-14(17(25)23(16(13)24)8-10-4-3-7-27-10)19(22-9)11-5-2-6-12(20)15(11)21-18(19)26/h2,5-6,9-10,13-14,22H,3-4,7-8H2,1H3,(H,21,26). The number of halogens is 1. The molecule has 0 bridgehead atoms. The highest BCUT2D eigenvalue weighted by Gasteiger charge is 2.69. The molecule has 1 spiro atoms. The lowest BCUT2D eigenvalue weighted by Crippen LogP contribution is -2.53. The minimum atomic E-state index is -1.26. The lowest BCUT2D eigenvalue weighted by Gasteiger charge is -2.29. The van der Waals surface area contributed by atoms with Crippen molar-refractivity contribution < 1.29 is 19.1 Å². The number of carbonyl (C=O) groups excluding carboxylic acids is 3. The van der Waals surface area contributed by atoms with Crippen molar-refractivity contribution in [2.45, 2.75) is 37.5 Å². The van der Waals surface area contributed by atoms with E-state index in [0.29, 0.717) is 22.9 Å². The van der Waals surface area contributed by atoms with E-state index in [1.807, 2.05) is 6.92 Å². The van der Waals surface area contributed by atoms with Crippen molar-refractivity contribution in [3.63, 3.8) is 0 Å². The third kappa shape index (κ3) is 2.13. The molecular formula is C19H20ClN3O4. The van der Waals surface area contributed by atoms with Crippen LogP contribution in [0.1, 0.15) is 25.3 Å². The van der Waals surface area contributed by atoms with Gasteiger partial charge in [-0.3, -0.25) is 24.6 Å². The van der Waals surface area contributed by atoms with Crippen LogP contribution in [0.3, 0.4) is 0 Å². The number of hydrogen-bond donors (Lipinski definition) is 2. The van der Waals surface area contributed by atoms with Crippen molar-refractivity contribution in [2.24, 2.45) is 11.8 Å². The molecule has 27 heavy (non-hydrogen) atoms. The van der Waals surface area contributed by atoms with Gasteiger partial charge in [-0.1, -0.05) is 23.7 Å². The quantitative estimate of drug-likeness (QED) is 0.743. The van der Waals surface area contributed by atoms with Crippen LogP contribution in [-0.2, 0) is 24.7 Å². The predicted octanol–water partition coefficient (Wildman–Crippen LogP) is 1.26. The van der Waals surface area contributed by atoms with Gasteiger partial charge in [-0.25, -0.2) is 0 Å². The minimum Gasteiger partial charge on any atom is -0.376 e. The number of imide groups is 1. The second-order valence-corrected chi connectivity index (χ2v) is 8.19. The maximum absolute atomic E-state index is 13.3. The van der Waals surface area contributed by atoms with Crippen LogP contribution in [0.15, 0.2) is 18.2 Å². The van der Waals surface area contributed by atoms with Crippen molar-refractivity contribution in [1.29, 1.82) is 0 Å². The highest BCUT2D eigenvalue weighted by Crippen LogP contribution is 2.53. The Morgan fingerprint density at radius 2 is 2.11 bits per heavy atom. The van der Waals surface area contributed by atoms with Crippen LogP contribution in [0.5, 0.6) is 0 Å². The molecule has 2 N–H and O–H groups in total. The number of fused-ring (bicyclic) bond motifs is 4. The fourth-order valence-corrected chi connectivity index (χ4v) is 5.41. The molecule has 0 radical (unpaired) electrons. The Bertz CT molecular complexity index is 869. The van der Waals surface area contributed by atoms with Crippen LogP contribution in [0, 0.1) is 11.8 Å². The van der Waals surface area contributed by atoms with Gasteiger partial charge in [-0.05, 0) is 25.8 Å². The Morgan fingerprint density at radius 1 is 1.30 bits per heavy atom. The third-order valence-corrected chi connectivity index (χ3v) is 6.66. The first kappa shape index (κ1) is 17.2. The number of rotatable bonds is 2. The normalized spacial score (nSPS) is 37.3. The lowest BCUT2D eigenvalue weighted by atomic mass is 9.76. The average molecular weight is 390 g/mol. The maximum atomic E-state index is 13.3. The summed E-state index contributed by atoms with van der Waals surface area (Å²) in [7, 11) is 0. The summed E-state index contributed by atoms with van der Waals surface area (Å²) in [4.78, 5) is 40.8. The topological polar surface area (TPSA) is 87.7 Å². The number of carbonyl (C=O) groups is 3. The molecule has 1 aromatic rings. The molecule has 4 aliphatic rings. The van der Waals surface area contributed by atoms with Gasteiger partial charge in [0, 0.05) is 18.2 Å². The summed E-state index contributed by atoms with van der Waals surface area (Å²) >= 11 is 6.26. The monoisotopic (exact) mass is 389 g/mol. The highest BCUT2D eigenvalue weighted by atomic mass is 35.5. The van der Waals surface area contributed by atoms with Gasteiger partial charge < -0.3 is 10.1 Å². The van der Waals surface area contributed by atoms with E-state index in [1.54, 1.807) is 18.2 Å². The number of nitrogens with one attached hydrogen (secondary N) is 2. The van der Waals surface area contributed by atoms with Gasteiger partial charge in [-0.2, -0.15) is 0 Å². The van der Waals surface area contributed by atoms with Crippen molar-refractivity contribution in [3.05, 3.63) is 28.8 Å². The number of nitrogens with zero attached hydrogens (tertiary/aromatic N) is 1. The van der Waals surface area contributed by atoms with E-state index in [0.717, 1.165) is 12.8 Å². The van der Waals surface area contributed by atoms with E-state index in [9.17, 15) is 14.4 Å². The number of anilines is 1. The molecule has 4 heterocycles. The van der Waals surface area contributed by atoms with Gasteiger partial charge in [0.2, 0.25) is 17.7 Å². The molecule has 8 heteroatoms. The van der Waals surface area contributed by atoms with Crippen LogP contribution in [0.25, 0.3) is 0 Å². The Labute approximate surface area is 161 Å². The van der Waals surface area contributed by atoms with E-state index in [-0.39, 0.29) is 36.4 Å². The second kappa shape index (κ2) is 5.77. The van der Waals surface area contributed by atoms with Crippen molar-refractivity contribution in [2.75, 3.05) is 18.5 Å². The number of amides is 3. The molecule has 3 saturated heterocycles. The molecule has 3 fully saturated rings. The van der Waals surface area contributed by atoms with Crippen molar-refractivity contribution >= 4 is 35.0 Å². The van der Waals surface area contributed by atoms with Gasteiger partial charge in [0.1, 0.15) is 5.54 Å². The summed E-state index contributed by atoms with van der Waals surface area (Å²) < 4.78 is 5.61. The first-order valence-corrected chi connectivity index (χ1v) is 9.68. The summed E-state index contributed by atoms with van der Waals surface area (Å²) in [5.74, 6) is -2.21. The van der Waals surface area contributed by atoms with Crippen LogP contribution in [0.2, 0.25) is 5.02 Å². The Kier molecular flexibility index (Phi) is 3.67. The molecular weight excluding hydrogens is 370 g/mol. The maximum Gasteiger partial charge on any atom is 0.250 e. The molecule has 0 aromatic heterocycles. The lowest BCUT2D eigenvalue weighted by molar-refractivity contribution is -0.144. The number of likely N-dealkylation sites (tertiary alicyclic amines) is 1. The summed E-state index contributed by atoms with van der Waals surface area (Å²) in [6.07, 6.45) is 1.66. The summed E-state index contributed by atoms with van der Waals surface area (Å²) in [5, 5.41) is 6.50. The van der Waals surface area contributed by atoms with Gasteiger partial charge in [-0.15, -0.1) is 0 Å². The average Bonchev–Trinajstić information content (AvgIpc) is 3.36. The molecule has 5 atom stereocenters. The van der Waals surface area contributed by atoms with Crippen LogP contribution < -0.4 is 10.6 Å². The first-order valence-electron chi connectivity index (χ1n) is 9.30. The Morgan fingerprint density at radius 3 is 2.85 bits per heavy atom. The van der Waals surface area contributed by atoms with Crippen LogP contribution >= 0.6 is 11.6 Å². The Hall–Kier alpha value is -1.96. The molecule has 1 aromatic carbocycles. The minimum absolute atomic E-state index is 0.116. The zero-order chi connectivity index (χ0) is 18.9. The van der Waals surface area contributed by atoms with E-state index < -0.39 is 17.4 Å². The molecule has 142 valence electrons. The molecule has 7 nitrogen and oxygen atoms in total. The van der Waals surface area contributed by atoms with E-state index in [1.165, 1.54) is 4.90 Å². The zero-order valence-corrected chi connectivity index (χ0v) is 15.6.